The quantitative estimate of drug-likeness (QED) is 0.502. The first-order valence-corrected chi connectivity index (χ1v) is 4.08. The summed E-state index contributed by atoms with van der Waals surface area (Å²) in [6, 6.07) is 0. The highest BCUT2D eigenvalue weighted by Crippen LogP contribution is 2.62. The predicted octanol–water partition coefficient (Wildman–Crippen LogP) is 2.50. The molecule has 2 saturated carbocycles. The molecular formula is C9H15. The second-order valence-corrected chi connectivity index (χ2v) is 3.90. The Balaban J connectivity index is 1.90. The van der Waals surface area contributed by atoms with E-state index in [1.807, 2.05) is 5.92 Å². The Morgan fingerprint density at radius 2 is 1.56 bits per heavy atom. The Morgan fingerprint density at radius 1 is 1.11 bits per heavy atom. The lowest BCUT2D eigenvalue weighted by Gasteiger charge is -1.87. The lowest BCUT2D eigenvalue weighted by molar-refractivity contribution is 0.798. The summed E-state index contributed by atoms with van der Waals surface area (Å²) in [6.45, 7) is 7.10. The van der Waals surface area contributed by atoms with Crippen molar-refractivity contribution in [1.82, 2.24) is 0 Å². The van der Waals surface area contributed by atoms with Gasteiger partial charge in [0.2, 0.25) is 0 Å². The SMILES string of the molecule is CC1CC1[C]1C(C)C1C. The smallest absolute Gasteiger partial charge is 0.0145 e. The highest BCUT2D eigenvalue weighted by molar-refractivity contribution is 5.26. The van der Waals surface area contributed by atoms with Crippen LogP contribution in [0.5, 0.6) is 0 Å². The molecule has 0 saturated heterocycles. The molecular weight excluding hydrogens is 108 g/mol. The summed E-state index contributed by atoms with van der Waals surface area (Å²) >= 11 is 0. The molecule has 0 nitrogen and oxygen atoms in total. The predicted molar refractivity (Wildman–Crippen MR) is 38.8 cm³/mol. The Bertz CT molecular complexity index is 120. The average molecular weight is 123 g/mol. The topological polar surface area (TPSA) is 0 Å². The van der Waals surface area contributed by atoms with E-state index in [2.05, 4.69) is 20.8 Å². The molecule has 0 aromatic rings. The molecule has 0 heterocycles. The van der Waals surface area contributed by atoms with E-state index in [9.17, 15) is 0 Å². The van der Waals surface area contributed by atoms with Crippen molar-refractivity contribution in [3.05, 3.63) is 5.92 Å². The van der Waals surface area contributed by atoms with Crippen molar-refractivity contribution >= 4 is 0 Å². The van der Waals surface area contributed by atoms with E-state index in [4.69, 9.17) is 0 Å². The van der Waals surface area contributed by atoms with Crippen LogP contribution in [0.4, 0.5) is 0 Å². The molecule has 9 heavy (non-hydrogen) atoms. The third kappa shape index (κ3) is 0.720. The Hall–Kier alpha value is 0. The highest BCUT2D eigenvalue weighted by atomic mass is 14.6. The van der Waals surface area contributed by atoms with Gasteiger partial charge in [0.1, 0.15) is 0 Å². The molecule has 0 aromatic carbocycles. The minimum atomic E-state index is 0.972. The van der Waals surface area contributed by atoms with Crippen LogP contribution in [-0.4, -0.2) is 0 Å². The zero-order valence-corrected chi connectivity index (χ0v) is 6.52. The van der Waals surface area contributed by atoms with E-state index in [1.165, 1.54) is 6.42 Å². The van der Waals surface area contributed by atoms with Crippen molar-refractivity contribution < 1.29 is 0 Å². The molecule has 2 aliphatic rings. The van der Waals surface area contributed by atoms with Crippen LogP contribution in [-0.2, 0) is 0 Å². The summed E-state index contributed by atoms with van der Waals surface area (Å²) in [7, 11) is 0. The lowest BCUT2D eigenvalue weighted by Crippen LogP contribution is -1.80. The van der Waals surface area contributed by atoms with Crippen molar-refractivity contribution in [3.63, 3.8) is 0 Å². The van der Waals surface area contributed by atoms with Gasteiger partial charge >= 0.3 is 0 Å². The Kier molecular flexibility index (Phi) is 0.980. The molecule has 2 aliphatic carbocycles. The molecule has 0 spiro atoms. The van der Waals surface area contributed by atoms with Crippen molar-refractivity contribution in [2.75, 3.05) is 0 Å². The molecule has 2 fully saturated rings. The van der Waals surface area contributed by atoms with Crippen LogP contribution in [0, 0.1) is 29.6 Å². The fourth-order valence-corrected chi connectivity index (χ4v) is 2.06. The van der Waals surface area contributed by atoms with Gasteiger partial charge in [-0.2, -0.15) is 0 Å². The fourth-order valence-electron chi connectivity index (χ4n) is 2.06. The normalized spacial score (nSPS) is 57.7. The van der Waals surface area contributed by atoms with Crippen molar-refractivity contribution in [1.29, 1.82) is 0 Å². The largest absolute Gasteiger partial charge is 0.0622 e. The van der Waals surface area contributed by atoms with E-state index in [0.717, 1.165) is 23.7 Å². The lowest BCUT2D eigenvalue weighted by atomic mass is 10.2. The monoisotopic (exact) mass is 123 g/mol. The fraction of sp³-hybridized carbons (Fsp3) is 0.889. The second-order valence-electron chi connectivity index (χ2n) is 3.90. The molecule has 0 bridgehead atoms. The van der Waals surface area contributed by atoms with E-state index in [-0.39, 0.29) is 0 Å². The first-order chi connectivity index (χ1) is 4.22. The van der Waals surface area contributed by atoms with Gasteiger partial charge in [0.15, 0.2) is 0 Å². The van der Waals surface area contributed by atoms with Crippen LogP contribution < -0.4 is 0 Å². The van der Waals surface area contributed by atoms with Gasteiger partial charge in [-0.05, 0) is 36.0 Å². The van der Waals surface area contributed by atoms with Crippen LogP contribution >= 0.6 is 0 Å². The first kappa shape index (κ1) is 5.76. The molecule has 0 N–H and O–H groups in total. The first-order valence-electron chi connectivity index (χ1n) is 4.08. The third-order valence-corrected chi connectivity index (χ3v) is 3.23. The van der Waals surface area contributed by atoms with Gasteiger partial charge in [-0.15, -0.1) is 0 Å². The van der Waals surface area contributed by atoms with Gasteiger partial charge in [0, 0.05) is 0 Å². The maximum Gasteiger partial charge on any atom is -0.0145 e. The summed E-state index contributed by atoms with van der Waals surface area (Å²) in [6.07, 6.45) is 1.49. The Labute approximate surface area is 57.6 Å². The van der Waals surface area contributed by atoms with Crippen LogP contribution in [0.2, 0.25) is 0 Å². The van der Waals surface area contributed by atoms with Crippen molar-refractivity contribution in [2.24, 2.45) is 23.7 Å². The number of rotatable bonds is 1. The minimum Gasteiger partial charge on any atom is -0.0622 e. The molecule has 51 valence electrons. The maximum atomic E-state index is 2.37. The molecule has 0 amide bonds. The van der Waals surface area contributed by atoms with E-state index >= 15 is 0 Å². The molecule has 0 aromatic heterocycles. The zero-order chi connectivity index (χ0) is 6.59. The summed E-state index contributed by atoms with van der Waals surface area (Å²) in [5.41, 5.74) is 0. The summed E-state index contributed by atoms with van der Waals surface area (Å²) in [5.74, 6) is 5.91. The maximum absolute atomic E-state index is 2.37. The van der Waals surface area contributed by atoms with E-state index in [1.54, 1.807) is 0 Å². The molecule has 0 aliphatic heterocycles. The van der Waals surface area contributed by atoms with Crippen molar-refractivity contribution in [3.8, 4) is 0 Å². The highest BCUT2D eigenvalue weighted by Gasteiger charge is 2.55. The second kappa shape index (κ2) is 1.53. The van der Waals surface area contributed by atoms with Gasteiger partial charge in [0.25, 0.3) is 0 Å². The van der Waals surface area contributed by atoms with E-state index < -0.39 is 0 Å². The Morgan fingerprint density at radius 3 is 1.67 bits per heavy atom. The van der Waals surface area contributed by atoms with Crippen LogP contribution in [0.1, 0.15) is 27.2 Å². The number of hydrogen-bond acceptors (Lipinski definition) is 0. The number of hydrogen-bond donors (Lipinski definition) is 0. The molecule has 2 rings (SSSR count). The standard InChI is InChI=1S/C9H15/c1-5-4-8(5)9-6(2)7(9)3/h5-8H,4H2,1-3H3. The van der Waals surface area contributed by atoms with Gasteiger partial charge in [-0.25, -0.2) is 0 Å². The molecule has 4 unspecified atom stereocenters. The van der Waals surface area contributed by atoms with Crippen LogP contribution in [0.25, 0.3) is 0 Å². The van der Waals surface area contributed by atoms with E-state index in [0.29, 0.717) is 0 Å². The van der Waals surface area contributed by atoms with Gasteiger partial charge < -0.3 is 0 Å². The average Bonchev–Trinajstić information content (AvgIpc) is 2.58. The van der Waals surface area contributed by atoms with Gasteiger partial charge in [-0.1, -0.05) is 20.8 Å². The minimum absolute atomic E-state index is 0.972. The summed E-state index contributed by atoms with van der Waals surface area (Å²) in [4.78, 5) is 0. The zero-order valence-electron chi connectivity index (χ0n) is 6.52. The third-order valence-electron chi connectivity index (χ3n) is 3.23. The van der Waals surface area contributed by atoms with Crippen LogP contribution in [0.3, 0.4) is 0 Å². The summed E-state index contributed by atoms with van der Waals surface area (Å²) < 4.78 is 0. The molecule has 4 atom stereocenters. The molecule has 0 heteroatoms. The van der Waals surface area contributed by atoms with Crippen molar-refractivity contribution in [2.45, 2.75) is 27.2 Å². The van der Waals surface area contributed by atoms with Gasteiger partial charge in [0.05, 0.1) is 0 Å². The summed E-state index contributed by atoms with van der Waals surface area (Å²) in [5, 5.41) is 0. The molecule has 1 radical (unpaired) electrons. The van der Waals surface area contributed by atoms with Crippen LogP contribution in [0.15, 0.2) is 0 Å². The van der Waals surface area contributed by atoms with Gasteiger partial charge in [-0.3, -0.25) is 0 Å².